The molecule has 0 radical (unpaired) electrons. The Bertz CT molecular complexity index is 590. The lowest BCUT2D eigenvalue weighted by Gasteiger charge is -2.55. The van der Waals surface area contributed by atoms with Gasteiger partial charge >= 0.3 is 0 Å². The molecule has 3 aliphatic heterocycles. The topological polar surface area (TPSA) is 20.3 Å². The number of nitrogens with zero attached hydrogens (tertiary/aromatic N) is 1. The number of ketones is 1. The van der Waals surface area contributed by atoms with Gasteiger partial charge in [0.15, 0.2) is 0 Å². The van der Waals surface area contributed by atoms with Crippen LogP contribution in [-0.2, 0) is 4.79 Å². The molecule has 5 rings (SSSR count). The van der Waals surface area contributed by atoms with E-state index in [0.717, 1.165) is 25.2 Å². The third kappa shape index (κ3) is 1.28. The maximum Gasteiger partial charge on any atom is 0.137 e. The van der Waals surface area contributed by atoms with Gasteiger partial charge < -0.3 is 0 Å². The first-order valence-electron chi connectivity index (χ1n) is 8.71. The zero-order valence-electron chi connectivity index (χ0n) is 13.0. The smallest absolute Gasteiger partial charge is 0.137 e. The maximum atomic E-state index is 11.9. The average molecular weight is 283 g/mol. The van der Waals surface area contributed by atoms with Gasteiger partial charge in [0.05, 0.1) is 0 Å². The standard InChI is InChI=1S/C19H25NO/c1-3-19-8-4-7-18(2)11-20-15(16(18)19)10-12-9-13(21)5-6-14(12)17(19)20/h3,15-17H,1,4-11H2,2H3/t15-,16+,17+,18+,19+/m0/s1. The van der Waals surface area contributed by atoms with Crippen LogP contribution in [0.4, 0.5) is 0 Å². The lowest BCUT2D eigenvalue weighted by molar-refractivity contribution is -0.119. The van der Waals surface area contributed by atoms with Crippen LogP contribution >= 0.6 is 0 Å². The van der Waals surface area contributed by atoms with Crippen LogP contribution in [0.25, 0.3) is 0 Å². The second-order valence-corrected chi connectivity index (χ2v) is 8.49. The molecule has 21 heavy (non-hydrogen) atoms. The summed E-state index contributed by atoms with van der Waals surface area (Å²) in [5.41, 5.74) is 3.98. The summed E-state index contributed by atoms with van der Waals surface area (Å²) in [6.07, 6.45) is 10.1. The highest BCUT2D eigenvalue weighted by Gasteiger charge is 2.71. The second kappa shape index (κ2) is 3.71. The van der Waals surface area contributed by atoms with E-state index in [-0.39, 0.29) is 0 Å². The summed E-state index contributed by atoms with van der Waals surface area (Å²) in [5, 5.41) is 0. The first kappa shape index (κ1) is 12.6. The molecule has 2 saturated heterocycles. The van der Waals surface area contributed by atoms with E-state index in [4.69, 9.17) is 0 Å². The molecular formula is C19H25NO. The van der Waals surface area contributed by atoms with Crippen LogP contribution in [0.1, 0.15) is 51.9 Å². The molecule has 3 fully saturated rings. The number of Topliss-reactive ketones (excluding diaryl/α,β-unsaturated/α-hetero) is 1. The van der Waals surface area contributed by atoms with Crippen molar-refractivity contribution in [1.82, 2.24) is 4.90 Å². The monoisotopic (exact) mass is 283 g/mol. The van der Waals surface area contributed by atoms with Crippen molar-refractivity contribution >= 4 is 5.78 Å². The van der Waals surface area contributed by atoms with Crippen molar-refractivity contribution in [3.8, 4) is 0 Å². The van der Waals surface area contributed by atoms with Gasteiger partial charge in [-0.1, -0.05) is 30.6 Å². The number of fused-ring (bicyclic) bond motifs is 2. The Morgan fingerprint density at radius 3 is 3.00 bits per heavy atom. The fourth-order valence-electron chi connectivity index (χ4n) is 7.16. The Labute approximate surface area is 127 Å². The Kier molecular flexibility index (Phi) is 2.23. The summed E-state index contributed by atoms with van der Waals surface area (Å²) >= 11 is 0. The molecule has 0 aromatic carbocycles. The molecule has 2 nitrogen and oxygen atoms in total. The van der Waals surface area contributed by atoms with Crippen molar-refractivity contribution in [2.45, 2.75) is 64.0 Å². The summed E-state index contributed by atoms with van der Waals surface area (Å²) in [4.78, 5) is 14.7. The van der Waals surface area contributed by atoms with Gasteiger partial charge in [-0.05, 0) is 37.0 Å². The van der Waals surface area contributed by atoms with E-state index in [2.05, 4.69) is 24.5 Å². The molecular weight excluding hydrogens is 258 g/mol. The van der Waals surface area contributed by atoms with Crippen LogP contribution in [0.2, 0.25) is 0 Å². The molecule has 2 heteroatoms. The lowest BCUT2D eigenvalue weighted by atomic mass is 9.52. The fourth-order valence-corrected chi connectivity index (χ4v) is 7.16. The van der Waals surface area contributed by atoms with Gasteiger partial charge in [-0.25, -0.2) is 0 Å². The van der Waals surface area contributed by atoms with Crippen molar-refractivity contribution in [2.75, 3.05) is 6.54 Å². The molecule has 6 atom stereocenters. The maximum absolute atomic E-state index is 11.9. The zero-order valence-corrected chi connectivity index (χ0v) is 13.0. The van der Waals surface area contributed by atoms with Crippen LogP contribution in [0.5, 0.6) is 0 Å². The van der Waals surface area contributed by atoms with E-state index in [0.29, 0.717) is 28.7 Å². The van der Waals surface area contributed by atoms with Crippen LogP contribution in [0, 0.1) is 16.7 Å². The largest absolute Gasteiger partial charge is 0.299 e. The summed E-state index contributed by atoms with van der Waals surface area (Å²) in [7, 11) is 0. The first-order chi connectivity index (χ1) is 10.1. The minimum atomic E-state index is 0.313. The predicted molar refractivity (Wildman–Crippen MR) is 82.9 cm³/mol. The SMILES string of the molecule is C=C[C@]12CCC[C@]3(C)CN4[C@@H](CC5=C(CCC(=O)C5)[C@@H]41)[C@H]32. The minimum Gasteiger partial charge on any atom is -0.299 e. The summed E-state index contributed by atoms with van der Waals surface area (Å²) in [5.74, 6) is 1.25. The van der Waals surface area contributed by atoms with E-state index >= 15 is 0 Å². The fraction of sp³-hybridized carbons (Fsp3) is 0.737. The van der Waals surface area contributed by atoms with E-state index in [9.17, 15) is 4.79 Å². The number of piperidine rings is 1. The molecule has 0 aromatic rings. The van der Waals surface area contributed by atoms with E-state index in [1.165, 1.54) is 37.8 Å². The third-order valence-electron chi connectivity index (χ3n) is 7.59. The molecule has 1 unspecified atom stereocenters. The van der Waals surface area contributed by atoms with Crippen LogP contribution in [0.3, 0.4) is 0 Å². The highest BCUT2D eigenvalue weighted by atomic mass is 16.1. The normalized spacial score (nSPS) is 53.9. The first-order valence-corrected chi connectivity index (χ1v) is 8.71. The van der Waals surface area contributed by atoms with Gasteiger partial charge in [-0.15, -0.1) is 6.58 Å². The summed E-state index contributed by atoms with van der Waals surface area (Å²) in [6, 6.07) is 1.29. The highest BCUT2D eigenvalue weighted by Crippen LogP contribution is 2.70. The van der Waals surface area contributed by atoms with Gasteiger partial charge in [0, 0.05) is 36.9 Å². The quantitative estimate of drug-likeness (QED) is 0.687. The number of hydrogen-bond donors (Lipinski definition) is 0. The number of rotatable bonds is 1. The molecule has 5 aliphatic rings. The van der Waals surface area contributed by atoms with Crippen LogP contribution < -0.4 is 0 Å². The van der Waals surface area contributed by atoms with Crippen molar-refractivity contribution in [1.29, 1.82) is 0 Å². The molecule has 0 spiro atoms. The summed E-state index contributed by atoms with van der Waals surface area (Å²) < 4.78 is 0. The van der Waals surface area contributed by atoms with Crippen molar-refractivity contribution < 1.29 is 4.79 Å². The molecule has 112 valence electrons. The van der Waals surface area contributed by atoms with Gasteiger partial charge in [-0.3, -0.25) is 9.69 Å². The van der Waals surface area contributed by atoms with Crippen molar-refractivity contribution in [3.63, 3.8) is 0 Å². The Morgan fingerprint density at radius 1 is 1.33 bits per heavy atom. The number of hydrogen-bond acceptors (Lipinski definition) is 2. The minimum absolute atomic E-state index is 0.313. The highest BCUT2D eigenvalue weighted by molar-refractivity contribution is 5.83. The van der Waals surface area contributed by atoms with Gasteiger partial charge in [0.1, 0.15) is 5.78 Å². The molecule has 4 bridgehead atoms. The van der Waals surface area contributed by atoms with Crippen LogP contribution in [-0.4, -0.2) is 29.3 Å². The Balaban J connectivity index is 1.69. The number of carbonyl (C=O) groups excluding carboxylic acids is 1. The summed E-state index contributed by atoms with van der Waals surface area (Å²) in [6.45, 7) is 8.11. The molecule has 0 amide bonds. The zero-order chi connectivity index (χ0) is 14.4. The molecule has 1 saturated carbocycles. The van der Waals surface area contributed by atoms with Crippen molar-refractivity contribution in [2.24, 2.45) is 16.7 Å². The van der Waals surface area contributed by atoms with Gasteiger partial charge in [0.2, 0.25) is 0 Å². The lowest BCUT2D eigenvalue weighted by Crippen LogP contribution is -2.55. The Morgan fingerprint density at radius 2 is 2.19 bits per heavy atom. The van der Waals surface area contributed by atoms with Crippen LogP contribution in [0.15, 0.2) is 23.8 Å². The predicted octanol–water partition coefficient (Wildman–Crippen LogP) is 3.48. The molecule has 0 aromatic heterocycles. The van der Waals surface area contributed by atoms with Gasteiger partial charge in [-0.2, -0.15) is 0 Å². The third-order valence-corrected chi connectivity index (χ3v) is 7.59. The van der Waals surface area contributed by atoms with Crippen molar-refractivity contribution in [3.05, 3.63) is 23.8 Å². The number of carbonyl (C=O) groups is 1. The second-order valence-electron chi connectivity index (χ2n) is 8.49. The molecule has 3 heterocycles. The van der Waals surface area contributed by atoms with E-state index in [1.54, 1.807) is 5.57 Å². The molecule has 2 aliphatic carbocycles. The van der Waals surface area contributed by atoms with E-state index < -0.39 is 0 Å². The Hall–Kier alpha value is -0.890. The molecule has 0 N–H and O–H groups in total. The van der Waals surface area contributed by atoms with Gasteiger partial charge in [0.25, 0.3) is 0 Å². The van der Waals surface area contributed by atoms with E-state index in [1.807, 2.05) is 0 Å². The average Bonchev–Trinajstić information content (AvgIpc) is 2.84.